The van der Waals surface area contributed by atoms with Gasteiger partial charge in [0.15, 0.2) is 0 Å². The molecule has 0 unspecified atom stereocenters. The lowest BCUT2D eigenvalue weighted by Crippen LogP contribution is -2.11. The summed E-state index contributed by atoms with van der Waals surface area (Å²) in [5.74, 6) is 0. The summed E-state index contributed by atoms with van der Waals surface area (Å²) in [6, 6.07) is 5.51. The molecular weight excluding hydrogens is 236 g/mol. The maximum Gasteiger partial charge on any atom is 0.205 e. The summed E-state index contributed by atoms with van der Waals surface area (Å²) in [6.07, 6.45) is 1.73. The first-order valence-corrected chi connectivity index (χ1v) is 7.08. The number of rotatable bonds is 3. The van der Waals surface area contributed by atoms with E-state index in [1.54, 1.807) is 6.08 Å². The van der Waals surface area contributed by atoms with Gasteiger partial charge in [-0.25, -0.2) is 8.42 Å². The van der Waals surface area contributed by atoms with E-state index in [4.69, 9.17) is 4.74 Å². The van der Waals surface area contributed by atoms with Crippen LogP contribution in [0.15, 0.2) is 28.0 Å². The number of benzene rings is 1. The van der Waals surface area contributed by atoms with E-state index in [0.29, 0.717) is 9.80 Å². The Hall–Kier alpha value is -1.13. The molecule has 0 bridgehead atoms. The lowest BCUT2D eigenvalue weighted by molar-refractivity contribution is 0.101. The van der Waals surface area contributed by atoms with Gasteiger partial charge in [0.25, 0.3) is 0 Å². The van der Waals surface area contributed by atoms with Gasteiger partial charge in [0.1, 0.15) is 0 Å². The molecule has 0 amide bonds. The molecule has 1 aromatic rings. The van der Waals surface area contributed by atoms with Crippen LogP contribution in [-0.4, -0.2) is 21.1 Å². The molecule has 0 fully saturated rings. The van der Waals surface area contributed by atoms with E-state index in [1.165, 1.54) is 0 Å². The van der Waals surface area contributed by atoms with Gasteiger partial charge in [0.2, 0.25) is 9.84 Å². The number of sulfone groups is 1. The molecule has 0 aromatic heterocycles. The van der Waals surface area contributed by atoms with Crippen LogP contribution in [0, 0.1) is 6.92 Å². The van der Waals surface area contributed by atoms with Crippen molar-refractivity contribution >= 4 is 15.9 Å². The average molecular weight is 252 g/mol. The van der Waals surface area contributed by atoms with E-state index >= 15 is 0 Å². The molecule has 3 nitrogen and oxygen atoms in total. The molecule has 1 heterocycles. The summed E-state index contributed by atoms with van der Waals surface area (Å²) in [7, 11) is -3.34. The van der Waals surface area contributed by atoms with Crippen LogP contribution in [0.25, 0.3) is 6.08 Å². The third-order valence-electron chi connectivity index (χ3n) is 2.73. The molecule has 1 aliphatic rings. The van der Waals surface area contributed by atoms with Crippen molar-refractivity contribution in [2.45, 2.75) is 31.8 Å². The van der Waals surface area contributed by atoms with E-state index in [2.05, 4.69) is 0 Å². The van der Waals surface area contributed by atoms with Crippen LogP contribution in [0.4, 0.5) is 0 Å². The third-order valence-corrected chi connectivity index (χ3v) is 4.75. The topological polar surface area (TPSA) is 43.4 Å². The van der Waals surface area contributed by atoms with Crippen LogP contribution in [0.3, 0.4) is 0 Å². The van der Waals surface area contributed by atoms with Crippen LogP contribution >= 0.6 is 0 Å². The lowest BCUT2D eigenvalue weighted by Gasteiger charge is -2.09. The summed E-state index contributed by atoms with van der Waals surface area (Å²) < 4.78 is 29.9. The van der Waals surface area contributed by atoms with Crippen LogP contribution in [0.5, 0.6) is 0 Å². The molecule has 0 N–H and O–H groups in total. The smallest absolute Gasteiger partial charge is 0.205 e. The van der Waals surface area contributed by atoms with Crippen molar-refractivity contribution in [3.05, 3.63) is 34.2 Å². The van der Waals surface area contributed by atoms with Crippen LogP contribution in [0.2, 0.25) is 0 Å². The zero-order valence-corrected chi connectivity index (χ0v) is 11.0. The molecule has 0 saturated carbocycles. The van der Waals surface area contributed by atoms with Crippen LogP contribution in [0.1, 0.15) is 25.0 Å². The molecule has 1 aromatic carbocycles. The highest BCUT2D eigenvalue weighted by molar-refractivity contribution is 7.96. The SMILES string of the molecule is Cc1cccc2c1S(=O)(=O)C(COC(C)C)=C2. The zero-order valence-electron chi connectivity index (χ0n) is 10.2. The first kappa shape index (κ1) is 12.3. The van der Waals surface area contributed by atoms with Gasteiger partial charge in [-0.3, -0.25) is 0 Å². The first-order valence-electron chi connectivity index (χ1n) is 5.60. The fraction of sp³-hybridized carbons (Fsp3) is 0.385. The molecule has 2 rings (SSSR count). The Kier molecular flexibility index (Phi) is 3.10. The third kappa shape index (κ3) is 2.15. The lowest BCUT2D eigenvalue weighted by atomic mass is 10.1. The van der Waals surface area contributed by atoms with E-state index in [-0.39, 0.29) is 12.7 Å². The number of hydrogen-bond donors (Lipinski definition) is 0. The predicted molar refractivity (Wildman–Crippen MR) is 67.4 cm³/mol. The van der Waals surface area contributed by atoms with Gasteiger partial charge in [-0.2, -0.15) is 0 Å². The van der Waals surface area contributed by atoms with Crippen LogP contribution < -0.4 is 0 Å². The molecular formula is C13H16O3S. The molecule has 17 heavy (non-hydrogen) atoms. The van der Waals surface area contributed by atoms with E-state index < -0.39 is 9.84 Å². The highest BCUT2D eigenvalue weighted by Gasteiger charge is 2.30. The Labute approximate surface area is 102 Å². The largest absolute Gasteiger partial charge is 0.373 e. The van der Waals surface area contributed by atoms with Crippen molar-refractivity contribution in [3.8, 4) is 0 Å². The highest BCUT2D eigenvalue weighted by atomic mass is 32.2. The summed E-state index contributed by atoms with van der Waals surface area (Å²) in [5, 5.41) is 0. The van der Waals surface area contributed by atoms with Crippen molar-refractivity contribution in [1.82, 2.24) is 0 Å². The van der Waals surface area contributed by atoms with Gasteiger partial charge in [-0.1, -0.05) is 18.2 Å². The molecule has 0 aliphatic carbocycles. The average Bonchev–Trinajstić information content (AvgIpc) is 2.48. The predicted octanol–water partition coefficient (Wildman–Crippen LogP) is 2.55. The molecule has 1 aliphatic heterocycles. The van der Waals surface area contributed by atoms with Crippen molar-refractivity contribution in [3.63, 3.8) is 0 Å². The number of ether oxygens (including phenoxy) is 1. The molecule has 0 radical (unpaired) electrons. The van der Waals surface area contributed by atoms with Gasteiger partial charge in [-0.15, -0.1) is 0 Å². The summed E-state index contributed by atoms with van der Waals surface area (Å²) in [4.78, 5) is 0.790. The van der Waals surface area contributed by atoms with Crippen molar-refractivity contribution < 1.29 is 13.2 Å². The number of aryl methyl sites for hydroxylation is 1. The van der Waals surface area contributed by atoms with Crippen molar-refractivity contribution in [1.29, 1.82) is 0 Å². The minimum atomic E-state index is -3.34. The van der Waals surface area contributed by atoms with Crippen molar-refractivity contribution in [2.75, 3.05) is 6.61 Å². The maximum absolute atomic E-state index is 12.3. The van der Waals surface area contributed by atoms with E-state index in [1.807, 2.05) is 39.0 Å². The molecule has 92 valence electrons. The second kappa shape index (κ2) is 4.27. The highest BCUT2D eigenvalue weighted by Crippen LogP contribution is 2.35. The van der Waals surface area contributed by atoms with Gasteiger partial charge < -0.3 is 4.74 Å². The van der Waals surface area contributed by atoms with E-state index in [0.717, 1.165) is 11.1 Å². The summed E-state index contributed by atoms with van der Waals surface area (Å²) >= 11 is 0. The Morgan fingerprint density at radius 1 is 1.29 bits per heavy atom. The Morgan fingerprint density at radius 3 is 2.59 bits per heavy atom. The Balaban J connectivity index is 2.40. The second-order valence-corrected chi connectivity index (χ2v) is 6.41. The van der Waals surface area contributed by atoms with E-state index in [9.17, 15) is 8.42 Å². The zero-order chi connectivity index (χ0) is 12.6. The second-order valence-electron chi connectivity index (χ2n) is 4.47. The van der Waals surface area contributed by atoms with Crippen LogP contribution in [-0.2, 0) is 14.6 Å². The first-order chi connectivity index (χ1) is 7.93. The molecule has 0 atom stereocenters. The van der Waals surface area contributed by atoms with Gasteiger partial charge >= 0.3 is 0 Å². The van der Waals surface area contributed by atoms with Gasteiger partial charge in [0.05, 0.1) is 22.5 Å². The number of hydrogen-bond acceptors (Lipinski definition) is 3. The Bertz CT molecular complexity index is 568. The normalized spacial score (nSPS) is 17.1. The van der Waals surface area contributed by atoms with Gasteiger partial charge in [-0.05, 0) is 38.0 Å². The standard InChI is InChI=1S/C13H16O3S/c1-9(2)16-8-12-7-11-6-4-5-10(3)13(11)17(12,14)15/h4-7,9H,8H2,1-3H3. The fourth-order valence-corrected chi connectivity index (χ4v) is 3.60. The quantitative estimate of drug-likeness (QED) is 0.830. The molecule has 4 heteroatoms. The molecule has 0 saturated heterocycles. The number of fused-ring (bicyclic) bond motifs is 1. The Morgan fingerprint density at radius 2 is 2.00 bits per heavy atom. The minimum Gasteiger partial charge on any atom is -0.373 e. The van der Waals surface area contributed by atoms with Crippen molar-refractivity contribution in [2.24, 2.45) is 0 Å². The molecule has 0 spiro atoms. The fourth-order valence-electron chi connectivity index (χ4n) is 1.91. The monoisotopic (exact) mass is 252 g/mol. The summed E-state index contributed by atoms with van der Waals surface area (Å²) in [5.41, 5.74) is 1.56. The van der Waals surface area contributed by atoms with Gasteiger partial charge in [0, 0.05) is 0 Å². The maximum atomic E-state index is 12.3. The minimum absolute atomic E-state index is 0.0240. The summed E-state index contributed by atoms with van der Waals surface area (Å²) in [6.45, 7) is 5.74.